The molecular formula is C9H10N2OS. The van der Waals surface area contributed by atoms with Crippen molar-refractivity contribution in [3.05, 3.63) is 18.7 Å². The average molecular weight is 194 g/mol. The van der Waals surface area contributed by atoms with Gasteiger partial charge in [-0.3, -0.25) is 9.36 Å². The van der Waals surface area contributed by atoms with Gasteiger partial charge >= 0.3 is 0 Å². The molecule has 68 valence electrons. The normalized spacial score (nSPS) is 22.2. The first-order valence-corrected chi connectivity index (χ1v) is 4.75. The number of thiocarbonyl (C=S) groups is 1. The van der Waals surface area contributed by atoms with E-state index in [1.54, 1.807) is 23.3 Å². The van der Waals surface area contributed by atoms with E-state index in [1.165, 1.54) is 0 Å². The number of imidazole rings is 1. The summed E-state index contributed by atoms with van der Waals surface area (Å²) in [6.45, 7) is 0. The SMILES string of the molecule is O=C1CCCC1C(=S)n1ccnc1. The van der Waals surface area contributed by atoms with Crippen molar-refractivity contribution in [2.45, 2.75) is 19.3 Å². The van der Waals surface area contributed by atoms with Gasteiger partial charge in [-0.05, 0) is 12.8 Å². The minimum Gasteiger partial charge on any atom is -0.300 e. The summed E-state index contributed by atoms with van der Waals surface area (Å²) in [6.07, 6.45) is 7.65. The molecule has 1 fully saturated rings. The number of ketones is 1. The van der Waals surface area contributed by atoms with Crippen LogP contribution in [0.5, 0.6) is 0 Å². The zero-order chi connectivity index (χ0) is 9.26. The number of hydrogen-bond donors (Lipinski definition) is 0. The summed E-state index contributed by atoms with van der Waals surface area (Å²) in [5, 5.41) is 0. The molecule has 1 aliphatic rings. The summed E-state index contributed by atoms with van der Waals surface area (Å²) < 4.78 is 1.75. The Hall–Kier alpha value is -1.03. The summed E-state index contributed by atoms with van der Waals surface area (Å²) in [7, 11) is 0. The fourth-order valence-corrected chi connectivity index (χ4v) is 2.00. The molecule has 0 spiro atoms. The lowest BCUT2D eigenvalue weighted by Crippen LogP contribution is -2.22. The van der Waals surface area contributed by atoms with Crippen molar-refractivity contribution in [3.63, 3.8) is 0 Å². The average Bonchev–Trinajstić information content (AvgIpc) is 2.72. The number of aromatic nitrogens is 2. The first kappa shape index (κ1) is 8.56. The third-order valence-electron chi connectivity index (χ3n) is 2.36. The van der Waals surface area contributed by atoms with Gasteiger partial charge in [-0.15, -0.1) is 0 Å². The molecule has 0 radical (unpaired) electrons. The first-order chi connectivity index (χ1) is 6.29. The molecule has 4 heteroatoms. The van der Waals surface area contributed by atoms with Gasteiger partial charge in [0, 0.05) is 18.8 Å². The maximum Gasteiger partial charge on any atom is 0.142 e. The second kappa shape index (κ2) is 3.38. The van der Waals surface area contributed by atoms with Crippen molar-refractivity contribution in [1.29, 1.82) is 0 Å². The second-order valence-corrected chi connectivity index (χ2v) is 3.64. The monoisotopic (exact) mass is 194 g/mol. The minimum absolute atomic E-state index is 0.0517. The second-order valence-electron chi connectivity index (χ2n) is 3.22. The summed E-state index contributed by atoms with van der Waals surface area (Å²) >= 11 is 5.21. The van der Waals surface area contributed by atoms with Crippen molar-refractivity contribution < 1.29 is 4.79 Å². The molecule has 13 heavy (non-hydrogen) atoms. The molecule has 1 aliphatic carbocycles. The van der Waals surface area contributed by atoms with E-state index in [0.717, 1.165) is 12.8 Å². The Bertz CT molecular complexity index is 331. The highest BCUT2D eigenvalue weighted by molar-refractivity contribution is 7.80. The number of carbonyl (C=O) groups excluding carboxylic acids is 1. The molecular weight excluding hydrogens is 184 g/mol. The molecule has 0 saturated heterocycles. The molecule has 0 aromatic carbocycles. The fourth-order valence-electron chi connectivity index (χ4n) is 1.65. The molecule has 0 N–H and O–H groups in total. The standard InChI is InChI=1S/C9H10N2OS/c12-8-3-1-2-7(8)9(13)11-5-4-10-6-11/h4-7H,1-3H2. The third-order valence-corrected chi connectivity index (χ3v) is 2.86. The van der Waals surface area contributed by atoms with Crippen LogP contribution in [-0.4, -0.2) is 20.3 Å². The zero-order valence-corrected chi connectivity index (χ0v) is 7.96. The van der Waals surface area contributed by atoms with Crippen molar-refractivity contribution in [2.75, 3.05) is 0 Å². The van der Waals surface area contributed by atoms with Crippen LogP contribution in [0.2, 0.25) is 0 Å². The quantitative estimate of drug-likeness (QED) is 0.634. The van der Waals surface area contributed by atoms with Crippen LogP contribution in [0.1, 0.15) is 19.3 Å². The molecule has 1 unspecified atom stereocenters. The largest absolute Gasteiger partial charge is 0.300 e. The smallest absolute Gasteiger partial charge is 0.142 e. The molecule has 0 amide bonds. The summed E-state index contributed by atoms with van der Waals surface area (Å²) in [4.78, 5) is 16.0. The van der Waals surface area contributed by atoms with Crippen LogP contribution < -0.4 is 0 Å². The zero-order valence-electron chi connectivity index (χ0n) is 7.14. The summed E-state index contributed by atoms with van der Waals surface area (Å²) in [6, 6.07) is 0. The van der Waals surface area contributed by atoms with Crippen LogP contribution in [0, 0.1) is 5.92 Å². The molecule has 0 aliphatic heterocycles. The Morgan fingerprint density at radius 2 is 2.54 bits per heavy atom. The molecule has 1 heterocycles. The van der Waals surface area contributed by atoms with Crippen LogP contribution in [0.3, 0.4) is 0 Å². The lowest BCUT2D eigenvalue weighted by Gasteiger charge is -2.09. The van der Waals surface area contributed by atoms with E-state index in [4.69, 9.17) is 12.2 Å². The molecule has 0 bridgehead atoms. The number of hydrogen-bond acceptors (Lipinski definition) is 3. The van der Waals surface area contributed by atoms with Crippen molar-refractivity contribution in [1.82, 2.24) is 9.55 Å². The van der Waals surface area contributed by atoms with E-state index in [0.29, 0.717) is 11.4 Å². The molecule has 2 rings (SSSR count). The van der Waals surface area contributed by atoms with Crippen LogP contribution in [0.25, 0.3) is 0 Å². The predicted octanol–water partition coefficient (Wildman–Crippen LogP) is 1.43. The lowest BCUT2D eigenvalue weighted by molar-refractivity contribution is -0.118. The van der Waals surface area contributed by atoms with Crippen LogP contribution in [0.15, 0.2) is 18.7 Å². The minimum atomic E-state index is -0.0517. The first-order valence-electron chi connectivity index (χ1n) is 4.34. The summed E-state index contributed by atoms with van der Waals surface area (Å²) in [5.74, 6) is 0.225. The molecule has 1 aromatic heterocycles. The van der Waals surface area contributed by atoms with E-state index in [1.807, 2.05) is 0 Å². The van der Waals surface area contributed by atoms with Crippen molar-refractivity contribution in [2.24, 2.45) is 5.92 Å². The van der Waals surface area contributed by atoms with Gasteiger partial charge in [-0.2, -0.15) is 0 Å². The maximum atomic E-state index is 11.4. The van der Waals surface area contributed by atoms with Gasteiger partial charge < -0.3 is 0 Å². The number of rotatable bonds is 1. The van der Waals surface area contributed by atoms with Gasteiger partial charge in [-0.25, -0.2) is 4.98 Å². The molecule has 1 aromatic rings. The third kappa shape index (κ3) is 1.54. The Labute approximate surface area is 81.8 Å². The Morgan fingerprint density at radius 1 is 1.69 bits per heavy atom. The highest BCUT2D eigenvalue weighted by Gasteiger charge is 2.28. The highest BCUT2D eigenvalue weighted by atomic mass is 32.1. The Morgan fingerprint density at radius 3 is 3.08 bits per heavy atom. The maximum absolute atomic E-state index is 11.4. The predicted molar refractivity (Wildman–Crippen MR) is 52.6 cm³/mol. The van der Waals surface area contributed by atoms with Gasteiger partial charge in [0.1, 0.15) is 5.78 Å². The highest BCUT2D eigenvalue weighted by Crippen LogP contribution is 2.23. The van der Waals surface area contributed by atoms with Gasteiger partial charge in [0.15, 0.2) is 0 Å². The van der Waals surface area contributed by atoms with Crippen molar-refractivity contribution in [3.8, 4) is 0 Å². The lowest BCUT2D eigenvalue weighted by atomic mass is 10.1. The van der Waals surface area contributed by atoms with E-state index in [-0.39, 0.29) is 11.7 Å². The van der Waals surface area contributed by atoms with E-state index >= 15 is 0 Å². The summed E-state index contributed by atoms with van der Waals surface area (Å²) in [5.41, 5.74) is 0. The molecule has 3 nitrogen and oxygen atoms in total. The topological polar surface area (TPSA) is 34.9 Å². The van der Waals surface area contributed by atoms with Crippen LogP contribution >= 0.6 is 12.2 Å². The Kier molecular flexibility index (Phi) is 2.22. The number of nitrogens with zero attached hydrogens (tertiary/aromatic N) is 2. The van der Waals surface area contributed by atoms with Crippen LogP contribution in [0.4, 0.5) is 0 Å². The molecule has 1 saturated carbocycles. The van der Waals surface area contributed by atoms with Gasteiger partial charge in [0.05, 0.1) is 17.2 Å². The van der Waals surface area contributed by atoms with Gasteiger partial charge in [0.25, 0.3) is 0 Å². The fraction of sp³-hybridized carbons (Fsp3) is 0.444. The van der Waals surface area contributed by atoms with Crippen LogP contribution in [-0.2, 0) is 4.79 Å². The van der Waals surface area contributed by atoms with E-state index in [9.17, 15) is 4.79 Å². The van der Waals surface area contributed by atoms with E-state index < -0.39 is 0 Å². The van der Waals surface area contributed by atoms with Crippen molar-refractivity contribution >= 4 is 23.0 Å². The van der Waals surface area contributed by atoms with E-state index in [2.05, 4.69) is 4.98 Å². The Balaban J connectivity index is 2.18. The van der Waals surface area contributed by atoms with Gasteiger partial charge in [0.2, 0.25) is 0 Å². The van der Waals surface area contributed by atoms with Gasteiger partial charge in [-0.1, -0.05) is 12.2 Å². The number of Topliss-reactive ketones (excluding diaryl/α,β-unsaturated/α-hetero) is 1. The number of carbonyl (C=O) groups is 1. The molecule has 1 atom stereocenters.